The highest BCUT2D eigenvalue weighted by Gasteiger charge is 2.41. The Hall–Kier alpha value is -2.92. The van der Waals surface area contributed by atoms with Crippen LogP contribution in [0.1, 0.15) is 29.6 Å². The van der Waals surface area contributed by atoms with Crippen LogP contribution in [0.4, 0.5) is 11.6 Å². The molecule has 8 heteroatoms. The average molecular weight is 365 g/mol. The number of hydrogen-bond donors (Lipinski definition) is 1. The second kappa shape index (κ2) is 6.67. The summed E-state index contributed by atoms with van der Waals surface area (Å²) in [6.45, 7) is 2.24. The summed E-state index contributed by atoms with van der Waals surface area (Å²) in [6, 6.07) is 7.76. The van der Waals surface area contributed by atoms with Crippen LogP contribution in [0.25, 0.3) is 0 Å². The van der Waals surface area contributed by atoms with Crippen molar-refractivity contribution in [1.29, 1.82) is 5.26 Å². The zero-order chi connectivity index (χ0) is 19.1. The van der Waals surface area contributed by atoms with Crippen LogP contribution in [-0.4, -0.2) is 53.2 Å². The van der Waals surface area contributed by atoms with Gasteiger partial charge < -0.3 is 20.1 Å². The third-order valence-electron chi connectivity index (χ3n) is 5.62. The third kappa shape index (κ3) is 2.94. The Balaban J connectivity index is 1.78. The summed E-state index contributed by atoms with van der Waals surface area (Å²) >= 11 is 0. The number of likely N-dealkylation sites (N-methyl/N-ethyl adjacent to an activating group) is 1. The quantitative estimate of drug-likeness (QED) is 0.858. The van der Waals surface area contributed by atoms with Crippen molar-refractivity contribution in [3.63, 3.8) is 0 Å². The summed E-state index contributed by atoms with van der Waals surface area (Å²) < 4.78 is 1.98. The lowest BCUT2D eigenvalue weighted by molar-refractivity contribution is 0.174. The van der Waals surface area contributed by atoms with Gasteiger partial charge in [0.1, 0.15) is 23.8 Å². The molecule has 3 atom stereocenters. The van der Waals surface area contributed by atoms with Gasteiger partial charge in [-0.2, -0.15) is 5.26 Å². The van der Waals surface area contributed by atoms with Crippen LogP contribution in [0.15, 0.2) is 29.3 Å². The monoisotopic (exact) mass is 365 g/mol. The van der Waals surface area contributed by atoms with Gasteiger partial charge in [0.25, 0.3) is 5.56 Å². The summed E-state index contributed by atoms with van der Waals surface area (Å²) in [4.78, 5) is 25.2. The summed E-state index contributed by atoms with van der Waals surface area (Å²) in [7, 11) is 4.05. The molecule has 0 amide bonds. The number of nitrogens with zero attached hydrogens (tertiary/aromatic N) is 6. The molecule has 0 aromatic carbocycles. The number of pyridine rings is 1. The maximum absolute atomic E-state index is 12.6. The van der Waals surface area contributed by atoms with E-state index in [0.29, 0.717) is 23.8 Å². The van der Waals surface area contributed by atoms with Crippen molar-refractivity contribution < 1.29 is 0 Å². The van der Waals surface area contributed by atoms with E-state index < -0.39 is 0 Å². The highest BCUT2D eigenvalue weighted by molar-refractivity contribution is 5.63. The first kappa shape index (κ1) is 17.5. The molecule has 2 aliphatic heterocycles. The van der Waals surface area contributed by atoms with Crippen LogP contribution >= 0.6 is 0 Å². The van der Waals surface area contributed by atoms with Crippen molar-refractivity contribution in [2.24, 2.45) is 5.92 Å². The van der Waals surface area contributed by atoms with E-state index in [9.17, 15) is 10.1 Å². The van der Waals surface area contributed by atoms with E-state index in [2.05, 4.69) is 25.8 Å². The van der Waals surface area contributed by atoms with Crippen LogP contribution in [0.5, 0.6) is 0 Å². The van der Waals surface area contributed by atoms with Gasteiger partial charge in [0.05, 0.1) is 6.04 Å². The first-order chi connectivity index (χ1) is 13.0. The fourth-order valence-corrected chi connectivity index (χ4v) is 4.56. The number of hydrogen-bond acceptors (Lipinski definition) is 7. The predicted octanol–water partition coefficient (Wildman–Crippen LogP) is 0.819. The maximum Gasteiger partial charge on any atom is 0.251 e. The largest absolute Gasteiger partial charge is 0.382 e. The Bertz CT molecular complexity index is 961. The lowest BCUT2D eigenvalue weighted by Gasteiger charge is -2.48. The molecule has 0 unspecified atom stereocenters. The molecule has 2 bridgehead atoms. The van der Waals surface area contributed by atoms with Crippen molar-refractivity contribution in [3.8, 4) is 6.07 Å². The molecule has 4 heterocycles. The minimum absolute atomic E-state index is 0.0616. The summed E-state index contributed by atoms with van der Waals surface area (Å²) in [5, 5.41) is 9.51. The minimum Gasteiger partial charge on any atom is -0.382 e. The molecule has 4 rings (SSSR count). The summed E-state index contributed by atoms with van der Waals surface area (Å²) in [6.07, 6.45) is 2.44. The molecule has 1 saturated heterocycles. The van der Waals surface area contributed by atoms with E-state index in [0.717, 1.165) is 25.2 Å². The molecule has 8 nitrogen and oxygen atoms in total. The van der Waals surface area contributed by atoms with Crippen LogP contribution < -0.4 is 16.2 Å². The zero-order valence-electron chi connectivity index (χ0n) is 15.5. The molecule has 1 fully saturated rings. The van der Waals surface area contributed by atoms with Gasteiger partial charge in [0.15, 0.2) is 5.82 Å². The van der Waals surface area contributed by atoms with E-state index in [1.807, 2.05) is 30.8 Å². The molecule has 27 heavy (non-hydrogen) atoms. The fourth-order valence-electron chi connectivity index (χ4n) is 4.56. The van der Waals surface area contributed by atoms with E-state index in [1.54, 1.807) is 6.07 Å². The van der Waals surface area contributed by atoms with Gasteiger partial charge in [-0.1, -0.05) is 6.07 Å². The van der Waals surface area contributed by atoms with Gasteiger partial charge in [-0.05, 0) is 32.5 Å². The second-order valence-electron chi connectivity index (χ2n) is 7.66. The van der Waals surface area contributed by atoms with Gasteiger partial charge in [-0.15, -0.1) is 0 Å². The Morgan fingerprint density at radius 3 is 2.89 bits per heavy atom. The molecule has 0 radical (unpaired) electrons. The number of nitriles is 1. The average Bonchev–Trinajstić information content (AvgIpc) is 2.64. The number of rotatable bonds is 3. The van der Waals surface area contributed by atoms with Crippen molar-refractivity contribution >= 4 is 11.6 Å². The molecule has 140 valence electrons. The van der Waals surface area contributed by atoms with Gasteiger partial charge in [-0.25, -0.2) is 9.97 Å². The normalized spacial score (nSPS) is 23.8. The van der Waals surface area contributed by atoms with Gasteiger partial charge in [0.2, 0.25) is 0 Å². The Morgan fingerprint density at radius 2 is 2.15 bits per heavy atom. The Labute approximate surface area is 157 Å². The topological polar surface area (TPSA) is 104 Å². The molecule has 0 saturated carbocycles. The number of anilines is 2. The molecule has 0 spiro atoms. The van der Waals surface area contributed by atoms with Gasteiger partial charge in [-0.3, -0.25) is 4.79 Å². The van der Waals surface area contributed by atoms with E-state index >= 15 is 0 Å². The lowest BCUT2D eigenvalue weighted by atomic mass is 9.78. The highest BCUT2D eigenvalue weighted by atomic mass is 16.1. The fraction of sp³-hybridized carbons (Fsp3) is 0.474. The number of fused-ring (bicyclic) bond motifs is 4. The molecule has 2 aromatic rings. The Morgan fingerprint density at radius 1 is 1.33 bits per heavy atom. The van der Waals surface area contributed by atoms with Crippen molar-refractivity contribution in [1.82, 2.24) is 19.4 Å². The minimum atomic E-state index is 0.0616. The predicted molar refractivity (Wildman–Crippen MR) is 103 cm³/mol. The van der Waals surface area contributed by atoms with E-state index in [4.69, 9.17) is 5.73 Å². The van der Waals surface area contributed by atoms with Crippen molar-refractivity contribution in [2.75, 3.05) is 44.4 Å². The molecule has 0 aliphatic carbocycles. The van der Waals surface area contributed by atoms with E-state index in [1.165, 1.54) is 6.33 Å². The number of nitrogens with two attached hydrogens (primary N) is 1. The van der Waals surface area contributed by atoms with Gasteiger partial charge in [0, 0.05) is 37.3 Å². The summed E-state index contributed by atoms with van der Waals surface area (Å²) in [5.41, 5.74) is 7.34. The van der Waals surface area contributed by atoms with Crippen LogP contribution in [-0.2, 0) is 0 Å². The number of aromatic nitrogens is 3. The van der Waals surface area contributed by atoms with Crippen molar-refractivity contribution in [3.05, 3.63) is 46.1 Å². The highest BCUT2D eigenvalue weighted by Crippen LogP contribution is 2.42. The first-order valence-corrected chi connectivity index (χ1v) is 9.11. The molecule has 2 N–H and O–H groups in total. The maximum atomic E-state index is 12.6. The van der Waals surface area contributed by atoms with E-state index in [-0.39, 0.29) is 23.3 Å². The molecule has 2 aliphatic rings. The number of piperidine rings is 1. The van der Waals surface area contributed by atoms with Crippen LogP contribution in [0, 0.1) is 17.2 Å². The molecular weight excluding hydrogens is 342 g/mol. The standard InChI is InChI=1S/C19H23N7O/c1-24(2)10-16-13-6-12(15-4-3-5-17(27)26(15)16)8-25(9-13)19-14(7-20)18(21)22-11-23-19/h3-5,11-13,16H,6,8-10H2,1-2H3,(H2,21,22,23)/t12-,13+,16+/m1/s1. The lowest BCUT2D eigenvalue weighted by Crippen LogP contribution is -2.52. The third-order valence-corrected chi connectivity index (χ3v) is 5.62. The van der Waals surface area contributed by atoms with Crippen LogP contribution in [0.2, 0.25) is 0 Å². The van der Waals surface area contributed by atoms with Gasteiger partial charge >= 0.3 is 0 Å². The first-order valence-electron chi connectivity index (χ1n) is 9.11. The van der Waals surface area contributed by atoms with Crippen LogP contribution in [0.3, 0.4) is 0 Å². The summed E-state index contributed by atoms with van der Waals surface area (Å²) in [5.74, 6) is 1.31. The number of nitrogen functional groups attached to an aromatic ring is 1. The smallest absolute Gasteiger partial charge is 0.251 e. The SMILES string of the molecule is CN(C)C[C@H]1[C@H]2C[C@H](CN(c3ncnc(N)c3C#N)C2)c2cccc(=O)n21. The second-order valence-corrected chi connectivity index (χ2v) is 7.66. The molecular formula is C19H23N7O. The van der Waals surface area contributed by atoms with Crippen molar-refractivity contribution in [2.45, 2.75) is 18.4 Å². The Kier molecular flexibility index (Phi) is 4.32. The molecule has 2 aromatic heterocycles. The zero-order valence-corrected chi connectivity index (χ0v) is 15.5.